The van der Waals surface area contributed by atoms with Crippen LogP contribution >= 0.6 is 12.4 Å². The Morgan fingerprint density at radius 1 is 1.08 bits per heavy atom. The van der Waals surface area contributed by atoms with Crippen LogP contribution in [0.4, 0.5) is 8.78 Å². The lowest BCUT2D eigenvalue weighted by Gasteiger charge is -2.22. The molecule has 0 atom stereocenters. The molecule has 140 valence electrons. The Kier molecular flexibility index (Phi) is 9.37. The van der Waals surface area contributed by atoms with Gasteiger partial charge in [0.25, 0.3) is 5.91 Å². The van der Waals surface area contributed by atoms with E-state index >= 15 is 0 Å². The molecule has 1 aliphatic rings. The standard InChI is InChI=1S/C17H23F2N3O2.ClH/c18-13-2-1-3-14(19)16(13)17(24)22-11-10-21-15(23)5-4-12-6-8-20-9-7-12;/h1-3,12,20H,4-11H2,(H,21,23)(H,22,24);1H. The third-order valence-electron chi connectivity index (χ3n) is 4.16. The lowest BCUT2D eigenvalue weighted by molar-refractivity contribution is -0.121. The Morgan fingerprint density at radius 2 is 1.68 bits per heavy atom. The molecule has 0 unspecified atom stereocenters. The van der Waals surface area contributed by atoms with Crippen molar-refractivity contribution >= 4 is 24.2 Å². The van der Waals surface area contributed by atoms with Crippen LogP contribution in [0, 0.1) is 17.6 Å². The van der Waals surface area contributed by atoms with Gasteiger partial charge in [0.1, 0.15) is 17.2 Å². The maximum atomic E-state index is 13.4. The zero-order chi connectivity index (χ0) is 17.4. The number of nitrogens with one attached hydrogen (secondary N) is 3. The van der Waals surface area contributed by atoms with Crippen LogP contribution in [0.25, 0.3) is 0 Å². The summed E-state index contributed by atoms with van der Waals surface area (Å²) < 4.78 is 26.9. The van der Waals surface area contributed by atoms with Gasteiger partial charge in [0.2, 0.25) is 5.91 Å². The van der Waals surface area contributed by atoms with Crippen LogP contribution in [-0.4, -0.2) is 38.0 Å². The fraction of sp³-hybridized carbons (Fsp3) is 0.529. The van der Waals surface area contributed by atoms with E-state index in [-0.39, 0.29) is 31.4 Å². The average molecular weight is 376 g/mol. The predicted octanol–water partition coefficient (Wildman–Crippen LogP) is 2.01. The summed E-state index contributed by atoms with van der Waals surface area (Å²) in [5, 5.41) is 8.38. The minimum absolute atomic E-state index is 0. The van der Waals surface area contributed by atoms with Crippen molar-refractivity contribution in [1.82, 2.24) is 16.0 Å². The zero-order valence-electron chi connectivity index (χ0n) is 13.9. The molecular formula is C17H24ClF2N3O2. The minimum atomic E-state index is -0.904. The SMILES string of the molecule is Cl.O=C(CCC1CCNCC1)NCCNC(=O)c1c(F)cccc1F. The molecule has 25 heavy (non-hydrogen) atoms. The first-order valence-corrected chi connectivity index (χ1v) is 8.27. The van der Waals surface area contributed by atoms with Gasteiger partial charge in [-0.15, -0.1) is 12.4 Å². The van der Waals surface area contributed by atoms with E-state index in [4.69, 9.17) is 0 Å². The van der Waals surface area contributed by atoms with Gasteiger partial charge in [0.15, 0.2) is 0 Å². The second-order valence-electron chi connectivity index (χ2n) is 5.93. The highest BCUT2D eigenvalue weighted by atomic mass is 35.5. The smallest absolute Gasteiger partial charge is 0.257 e. The molecule has 1 heterocycles. The molecule has 2 amide bonds. The molecule has 1 fully saturated rings. The molecule has 5 nitrogen and oxygen atoms in total. The molecule has 0 saturated carbocycles. The lowest BCUT2D eigenvalue weighted by atomic mass is 9.93. The van der Waals surface area contributed by atoms with E-state index in [1.54, 1.807) is 0 Å². The highest BCUT2D eigenvalue weighted by Crippen LogP contribution is 2.17. The third-order valence-corrected chi connectivity index (χ3v) is 4.16. The van der Waals surface area contributed by atoms with Crippen molar-refractivity contribution in [3.8, 4) is 0 Å². The van der Waals surface area contributed by atoms with E-state index < -0.39 is 23.1 Å². The van der Waals surface area contributed by atoms with Crippen molar-refractivity contribution in [1.29, 1.82) is 0 Å². The Balaban J connectivity index is 0.00000312. The Hall–Kier alpha value is -1.73. The van der Waals surface area contributed by atoms with Crippen molar-refractivity contribution in [2.45, 2.75) is 25.7 Å². The summed E-state index contributed by atoms with van der Waals surface area (Å²) in [7, 11) is 0. The number of amides is 2. The molecule has 0 radical (unpaired) electrons. The topological polar surface area (TPSA) is 70.2 Å². The van der Waals surface area contributed by atoms with E-state index in [1.165, 1.54) is 6.07 Å². The van der Waals surface area contributed by atoms with Crippen LogP contribution in [-0.2, 0) is 4.79 Å². The van der Waals surface area contributed by atoms with Crippen LogP contribution in [0.5, 0.6) is 0 Å². The van der Waals surface area contributed by atoms with Gasteiger partial charge < -0.3 is 16.0 Å². The maximum absolute atomic E-state index is 13.4. The van der Waals surface area contributed by atoms with Crippen LogP contribution < -0.4 is 16.0 Å². The first-order valence-electron chi connectivity index (χ1n) is 8.27. The molecule has 1 aromatic carbocycles. The quantitative estimate of drug-likeness (QED) is 0.638. The molecule has 1 saturated heterocycles. The number of hydrogen-bond donors (Lipinski definition) is 3. The largest absolute Gasteiger partial charge is 0.354 e. The summed E-state index contributed by atoms with van der Waals surface area (Å²) in [6.45, 7) is 2.36. The molecule has 1 aromatic rings. The number of piperidine rings is 1. The molecule has 0 aliphatic carbocycles. The lowest BCUT2D eigenvalue weighted by Crippen LogP contribution is -2.35. The first-order chi connectivity index (χ1) is 11.6. The second-order valence-corrected chi connectivity index (χ2v) is 5.93. The second kappa shape index (κ2) is 11.0. The molecule has 8 heteroatoms. The monoisotopic (exact) mass is 375 g/mol. The molecule has 0 bridgehead atoms. The molecular weight excluding hydrogens is 352 g/mol. The van der Waals surface area contributed by atoms with Gasteiger partial charge in [-0.05, 0) is 50.4 Å². The summed E-state index contributed by atoms with van der Waals surface area (Å²) >= 11 is 0. The van der Waals surface area contributed by atoms with Gasteiger partial charge in [-0.25, -0.2) is 8.78 Å². The summed E-state index contributed by atoms with van der Waals surface area (Å²) in [4.78, 5) is 23.5. The number of carbonyl (C=O) groups excluding carboxylic acids is 2. The van der Waals surface area contributed by atoms with Crippen molar-refractivity contribution in [2.75, 3.05) is 26.2 Å². The molecule has 1 aliphatic heterocycles. The van der Waals surface area contributed by atoms with Crippen LogP contribution in [0.2, 0.25) is 0 Å². The minimum Gasteiger partial charge on any atom is -0.354 e. The van der Waals surface area contributed by atoms with Gasteiger partial charge in [-0.1, -0.05) is 6.07 Å². The van der Waals surface area contributed by atoms with Crippen molar-refractivity contribution in [2.24, 2.45) is 5.92 Å². The van der Waals surface area contributed by atoms with Gasteiger partial charge in [-0.3, -0.25) is 9.59 Å². The average Bonchev–Trinajstić information content (AvgIpc) is 2.57. The Bertz CT molecular complexity index is 561. The van der Waals surface area contributed by atoms with Crippen molar-refractivity contribution in [3.05, 3.63) is 35.4 Å². The molecule has 0 aromatic heterocycles. The first kappa shape index (κ1) is 21.3. The van der Waals surface area contributed by atoms with Gasteiger partial charge in [0.05, 0.1) is 0 Å². The van der Waals surface area contributed by atoms with Crippen molar-refractivity contribution in [3.63, 3.8) is 0 Å². The predicted molar refractivity (Wildman–Crippen MR) is 93.8 cm³/mol. The fourth-order valence-electron chi connectivity index (χ4n) is 2.78. The van der Waals surface area contributed by atoms with E-state index in [0.717, 1.165) is 44.5 Å². The maximum Gasteiger partial charge on any atom is 0.257 e. The summed E-state index contributed by atoms with van der Waals surface area (Å²) in [6, 6.07) is 3.26. The highest BCUT2D eigenvalue weighted by Gasteiger charge is 2.17. The molecule has 3 N–H and O–H groups in total. The zero-order valence-corrected chi connectivity index (χ0v) is 14.8. The normalized spacial score (nSPS) is 14.5. The summed E-state index contributed by atoms with van der Waals surface area (Å²) in [5.41, 5.74) is -0.602. The van der Waals surface area contributed by atoms with Crippen LogP contribution in [0.1, 0.15) is 36.0 Å². The fourth-order valence-corrected chi connectivity index (χ4v) is 2.78. The van der Waals surface area contributed by atoms with E-state index in [2.05, 4.69) is 16.0 Å². The summed E-state index contributed by atoms with van der Waals surface area (Å²) in [6.07, 6.45) is 3.51. The van der Waals surface area contributed by atoms with E-state index in [0.29, 0.717) is 12.3 Å². The van der Waals surface area contributed by atoms with Gasteiger partial charge in [0, 0.05) is 19.5 Å². The van der Waals surface area contributed by atoms with E-state index in [1.807, 2.05) is 0 Å². The molecule has 2 rings (SSSR count). The van der Waals surface area contributed by atoms with Crippen LogP contribution in [0.3, 0.4) is 0 Å². The Morgan fingerprint density at radius 3 is 2.32 bits per heavy atom. The third kappa shape index (κ3) is 6.96. The number of rotatable bonds is 7. The van der Waals surface area contributed by atoms with Crippen LogP contribution in [0.15, 0.2) is 18.2 Å². The Labute approximate surface area is 152 Å². The van der Waals surface area contributed by atoms with Gasteiger partial charge in [-0.2, -0.15) is 0 Å². The number of hydrogen-bond acceptors (Lipinski definition) is 3. The van der Waals surface area contributed by atoms with Gasteiger partial charge >= 0.3 is 0 Å². The number of benzene rings is 1. The number of halogens is 3. The highest BCUT2D eigenvalue weighted by molar-refractivity contribution is 5.94. The summed E-state index contributed by atoms with van der Waals surface area (Å²) in [5.74, 6) is -2.12. The van der Waals surface area contributed by atoms with Crippen molar-refractivity contribution < 1.29 is 18.4 Å². The number of carbonyl (C=O) groups is 2. The molecule has 0 spiro atoms. The van der Waals surface area contributed by atoms with E-state index in [9.17, 15) is 18.4 Å².